The van der Waals surface area contributed by atoms with Crippen molar-refractivity contribution in [3.05, 3.63) is 34.6 Å². The van der Waals surface area contributed by atoms with Crippen LogP contribution in [-0.2, 0) is 5.41 Å². The van der Waals surface area contributed by atoms with Gasteiger partial charge in [-0.2, -0.15) is 0 Å². The molecule has 0 heterocycles. The van der Waals surface area contributed by atoms with Crippen LogP contribution >= 0.6 is 11.6 Å². The molecule has 3 heteroatoms. The topological polar surface area (TPSA) is 12.0 Å². The van der Waals surface area contributed by atoms with Crippen molar-refractivity contribution < 1.29 is 4.39 Å². The standard InChI is InChI=1S/C18H25ClFN/c1-2-10-21-13-18(11-17(12-18)8-3-4-9-17)14-6-5-7-15(19)16(14)20/h5-7,21H,2-4,8-13H2,1H3. The molecule has 1 nitrogen and oxygen atoms in total. The summed E-state index contributed by atoms with van der Waals surface area (Å²) in [5.41, 5.74) is 1.27. The Bertz CT molecular complexity index is 500. The molecule has 0 bridgehead atoms. The van der Waals surface area contributed by atoms with Crippen LogP contribution in [0.25, 0.3) is 0 Å². The summed E-state index contributed by atoms with van der Waals surface area (Å²) in [7, 11) is 0. The van der Waals surface area contributed by atoms with E-state index in [1.54, 1.807) is 6.07 Å². The van der Waals surface area contributed by atoms with Crippen molar-refractivity contribution in [3.63, 3.8) is 0 Å². The highest BCUT2D eigenvalue weighted by Crippen LogP contribution is 2.63. The van der Waals surface area contributed by atoms with Gasteiger partial charge < -0.3 is 5.32 Å². The van der Waals surface area contributed by atoms with Gasteiger partial charge in [0.05, 0.1) is 5.02 Å². The van der Waals surface area contributed by atoms with Crippen molar-refractivity contribution in [1.82, 2.24) is 5.32 Å². The Morgan fingerprint density at radius 3 is 2.62 bits per heavy atom. The maximum Gasteiger partial charge on any atom is 0.145 e. The molecule has 2 fully saturated rings. The summed E-state index contributed by atoms with van der Waals surface area (Å²) in [6.45, 7) is 4.04. The van der Waals surface area contributed by atoms with Crippen molar-refractivity contribution in [2.45, 2.75) is 57.3 Å². The second kappa shape index (κ2) is 5.89. The van der Waals surface area contributed by atoms with Crippen LogP contribution in [0.4, 0.5) is 4.39 Å². The third-order valence-electron chi connectivity index (χ3n) is 5.50. The van der Waals surface area contributed by atoms with Gasteiger partial charge in [0.2, 0.25) is 0 Å². The monoisotopic (exact) mass is 309 g/mol. The maximum absolute atomic E-state index is 14.5. The van der Waals surface area contributed by atoms with Crippen LogP contribution in [-0.4, -0.2) is 13.1 Å². The molecule has 2 aliphatic carbocycles. The molecule has 3 rings (SSSR count). The number of rotatable bonds is 5. The van der Waals surface area contributed by atoms with Gasteiger partial charge in [0.25, 0.3) is 0 Å². The van der Waals surface area contributed by atoms with E-state index in [-0.39, 0.29) is 16.3 Å². The van der Waals surface area contributed by atoms with E-state index in [4.69, 9.17) is 11.6 Å². The van der Waals surface area contributed by atoms with Crippen molar-refractivity contribution in [2.24, 2.45) is 5.41 Å². The van der Waals surface area contributed by atoms with Crippen LogP contribution in [0.3, 0.4) is 0 Å². The zero-order valence-corrected chi connectivity index (χ0v) is 13.6. The molecule has 116 valence electrons. The molecule has 0 aromatic heterocycles. The zero-order chi connectivity index (χ0) is 14.9. The molecule has 2 aliphatic rings. The van der Waals surface area contributed by atoms with Gasteiger partial charge in [0.1, 0.15) is 5.82 Å². The van der Waals surface area contributed by atoms with Gasteiger partial charge in [-0.25, -0.2) is 4.39 Å². The van der Waals surface area contributed by atoms with Crippen molar-refractivity contribution in [1.29, 1.82) is 0 Å². The van der Waals surface area contributed by atoms with E-state index < -0.39 is 0 Å². The van der Waals surface area contributed by atoms with Crippen LogP contribution in [0.1, 0.15) is 57.4 Å². The highest BCUT2D eigenvalue weighted by molar-refractivity contribution is 6.30. The van der Waals surface area contributed by atoms with E-state index >= 15 is 0 Å². The number of halogens is 2. The molecule has 0 saturated heterocycles. The Hall–Kier alpha value is -0.600. The molecule has 1 N–H and O–H groups in total. The largest absolute Gasteiger partial charge is 0.316 e. The predicted octanol–water partition coefficient (Wildman–Crippen LogP) is 5.07. The van der Waals surface area contributed by atoms with Crippen molar-refractivity contribution in [3.8, 4) is 0 Å². The second-order valence-corrected chi connectivity index (χ2v) is 7.53. The first kappa shape index (κ1) is 15.3. The maximum atomic E-state index is 14.5. The van der Waals surface area contributed by atoms with Crippen LogP contribution < -0.4 is 5.32 Å². The van der Waals surface area contributed by atoms with Gasteiger partial charge >= 0.3 is 0 Å². The molecule has 0 aliphatic heterocycles. The van der Waals surface area contributed by atoms with Crippen molar-refractivity contribution >= 4 is 11.6 Å². The van der Waals surface area contributed by atoms with Gasteiger partial charge in [0, 0.05) is 12.0 Å². The lowest BCUT2D eigenvalue weighted by atomic mass is 9.49. The lowest BCUT2D eigenvalue weighted by molar-refractivity contribution is 0.0248. The minimum Gasteiger partial charge on any atom is -0.316 e. The van der Waals surface area contributed by atoms with E-state index in [0.29, 0.717) is 5.41 Å². The fourth-order valence-electron chi connectivity index (χ4n) is 4.69. The Morgan fingerprint density at radius 2 is 1.95 bits per heavy atom. The Morgan fingerprint density at radius 1 is 1.24 bits per heavy atom. The van der Waals surface area contributed by atoms with Gasteiger partial charge in [-0.3, -0.25) is 0 Å². The van der Waals surface area contributed by atoms with E-state index in [2.05, 4.69) is 12.2 Å². The molecule has 21 heavy (non-hydrogen) atoms. The van der Waals surface area contributed by atoms with E-state index in [1.807, 2.05) is 12.1 Å². The Labute approximate surface area is 132 Å². The lowest BCUT2D eigenvalue weighted by Gasteiger charge is -2.56. The van der Waals surface area contributed by atoms with Crippen LogP contribution in [0.5, 0.6) is 0 Å². The first-order valence-corrected chi connectivity index (χ1v) is 8.64. The molecular formula is C18H25ClFN. The van der Waals surface area contributed by atoms with E-state index in [1.165, 1.54) is 25.7 Å². The third-order valence-corrected chi connectivity index (χ3v) is 5.80. The van der Waals surface area contributed by atoms with Gasteiger partial charge in [-0.1, -0.05) is 43.5 Å². The molecular weight excluding hydrogens is 285 g/mol. The average Bonchev–Trinajstić information content (AvgIpc) is 2.90. The van der Waals surface area contributed by atoms with Gasteiger partial charge in [-0.05, 0) is 55.7 Å². The second-order valence-electron chi connectivity index (χ2n) is 7.12. The summed E-state index contributed by atoms with van der Waals surface area (Å²) in [5, 5.41) is 3.78. The fraction of sp³-hybridized carbons (Fsp3) is 0.667. The van der Waals surface area contributed by atoms with E-state index in [0.717, 1.165) is 37.9 Å². The SMILES string of the molecule is CCCNCC1(c2cccc(Cl)c2F)CC2(CCCC2)C1. The predicted molar refractivity (Wildman–Crippen MR) is 86.4 cm³/mol. The molecule has 1 aromatic rings. The molecule has 0 atom stereocenters. The summed E-state index contributed by atoms with van der Waals surface area (Å²) < 4.78 is 14.5. The van der Waals surface area contributed by atoms with Crippen LogP contribution in [0.15, 0.2) is 18.2 Å². The summed E-state index contributed by atoms with van der Waals surface area (Å²) in [6, 6.07) is 5.48. The molecule has 2 saturated carbocycles. The summed E-state index contributed by atoms with van der Waals surface area (Å²) in [4.78, 5) is 0. The van der Waals surface area contributed by atoms with E-state index in [9.17, 15) is 4.39 Å². The highest BCUT2D eigenvalue weighted by Gasteiger charge is 2.56. The van der Waals surface area contributed by atoms with Crippen LogP contribution in [0.2, 0.25) is 5.02 Å². The number of hydrogen-bond donors (Lipinski definition) is 1. The van der Waals surface area contributed by atoms with Crippen molar-refractivity contribution in [2.75, 3.05) is 13.1 Å². The highest BCUT2D eigenvalue weighted by atomic mass is 35.5. The van der Waals surface area contributed by atoms with Gasteiger partial charge in [0.15, 0.2) is 0 Å². The van der Waals surface area contributed by atoms with Crippen LogP contribution in [0, 0.1) is 11.2 Å². The average molecular weight is 310 g/mol. The zero-order valence-electron chi connectivity index (χ0n) is 12.9. The molecule has 1 spiro atoms. The first-order chi connectivity index (χ1) is 10.1. The summed E-state index contributed by atoms with van der Waals surface area (Å²) in [5.74, 6) is -0.203. The third kappa shape index (κ3) is 2.73. The molecule has 0 amide bonds. The normalized spacial score (nSPS) is 22.4. The van der Waals surface area contributed by atoms with Gasteiger partial charge in [-0.15, -0.1) is 0 Å². The smallest absolute Gasteiger partial charge is 0.145 e. The first-order valence-electron chi connectivity index (χ1n) is 8.26. The number of nitrogens with one attached hydrogen (secondary N) is 1. The number of benzene rings is 1. The Kier molecular flexibility index (Phi) is 4.29. The summed E-state index contributed by atoms with van der Waals surface area (Å²) in [6.07, 6.45) is 8.68. The summed E-state index contributed by atoms with van der Waals surface area (Å²) >= 11 is 6.02. The fourth-order valence-corrected chi connectivity index (χ4v) is 4.87. The molecule has 0 radical (unpaired) electrons. The minimum atomic E-state index is -0.203. The number of hydrogen-bond acceptors (Lipinski definition) is 1. The molecule has 1 aromatic carbocycles. The quantitative estimate of drug-likeness (QED) is 0.749. The Balaban J connectivity index is 1.85. The lowest BCUT2D eigenvalue weighted by Crippen LogP contribution is -2.54. The molecule has 0 unspecified atom stereocenters. The minimum absolute atomic E-state index is 0.0471.